The average molecular weight is 440 g/mol. The lowest BCUT2D eigenvalue weighted by Gasteiger charge is -2.22. The van der Waals surface area contributed by atoms with Crippen molar-refractivity contribution in [2.75, 3.05) is 13.6 Å². The van der Waals surface area contributed by atoms with Gasteiger partial charge in [0.15, 0.2) is 0 Å². The third-order valence-corrected chi connectivity index (χ3v) is 4.95. The topological polar surface area (TPSA) is 41.6 Å². The Balaban J connectivity index is 5.07. The normalized spacial score (nSPS) is 15.4. The second-order valence-corrected chi connectivity index (χ2v) is 7.75. The molecule has 29 heavy (non-hydrogen) atoms. The van der Waals surface area contributed by atoms with Gasteiger partial charge in [0.25, 0.3) is 0 Å². The first kappa shape index (κ1) is 27.7. The van der Waals surface area contributed by atoms with Crippen LogP contribution in [0.2, 0.25) is 0 Å². The van der Waals surface area contributed by atoms with Crippen LogP contribution in [0.3, 0.4) is 0 Å². The summed E-state index contributed by atoms with van der Waals surface area (Å²) in [4.78, 5) is 4.47. The van der Waals surface area contributed by atoms with E-state index in [-0.39, 0.29) is 6.42 Å². The Morgan fingerprint density at radius 1 is 1.28 bits per heavy atom. The number of aliphatic imine (C=N–C) groups is 1. The minimum absolute atomic E-state index is 0.206. The Bertz CT molecular complexity index is 621. The summed E-state index contributed by atoms with van der Waals surface area (Å²) in [7, 11) is 1.73. The molecule has 3 nitrogen and oxygen atoms in total. The number of likely N-dealkylation sites (N-methyl/N-ethyl adjacent to an activating group) is 1. The van der Waals surface area contributed by atoms with Gasteiger partial charge >= 0.3 is 12.3 Å². The lowest BCUT2D eigenvalue weighted by atomic mass is 9.90. The van der Waals surface area contributed by atoms with Crippen LogP contribution in [0.1, 0.15) is 59.8 Å². The van der Waals surface area contributed by atoms with Gasteiger partial charge in [0.05, 0.1) is 5.70 Å². The van der Waals surface area contributed by atoms with Gasteiger partial charge in [-0.15, -0.1) is 0 Å². The van der Waals surface area contributed by atoms with Crippen LogP contribution >= 0.6 is 11.6 Å². The van der Waals surface area contributed by atoms with Crippen molar-refractivity contribution in [2.24, 2.45) is 16.8 Å². The molecule has 0 aliphatic carbocycles. The molecule has 0 aromatic carbocycles. The van der Waals surface area contributed by atoms with Gasteiger partial charge in [0.1, 0.15) is 0 Å². The predicted molar refractivity (Wildman–Crippen MR) is 115 cm³/mol. The molecule has 0 aromatic rings. The molecular formula is C21H34ClF4N3. The van der Waals surface area contributed by atoms with Crippen molar-refractivity contribution in [1.29, 1.82) is 0 Å². The maximum Gasteiger partial charge on any atom is 0.307 e. The van der Waals surface area contributed by atoms with Gasteiger partial charge in [-0.2, -0.15) is 0 Å². The maximum atomic E-state index is 13.4. The highest BCUT2D eigenvalue weighted by molar-refractivity contribution is 6.29. The van der Waals surface area contributed by atoms with Crippen LogP contribution in [0.15, 0.2) is 39.5 Å². The number of nitrogens with two attached hydrogens (primary N) is 1. The van der Waals surface area contributed by atoms with Crippen LogP contribution in [0, 0.1) is 5.92 Å². The summed E-state index contributed by atoms with van der Waals surface area (Å²) in [6.45, 7) is 11.6. The number of hydrazine groups is 1. The highest BCUT2D eigenvalue weighted by atomic mass is 35.5. The lowest BCUT2D eigenvalue weighted by molar-refractivity contribution is -0.140. The molecule has 1 unspecified atom stereocenters. The summed E-state index contributed by atoms with van der Waals surface area (Å²) in [5, 5.41) is 2.13. The van der Waals surface area contributed by atoms with Crippen LogP contribution in [0.4, 0.5) is 17.6 Å². The molecule has 0 aliphatic heterocycles. The minimum Gasteiger partial charge on any atom is -0.314 e. The van der Waals surface area contributed by atoms with Gasteiger partial charge in [0.2, 0.25) is 0 Å². The number of alkyl halides is 4. The lowest BCUT2D eigenvalue weighted by Crippen LogP contribution is -2.29. The molecule has 1 atom stereocenters. The first-order valence-corrected chi connectivity index (χ1v) is 10.1. The molecule has 0 aliphatic rings. The van der Waals surface area contributed by atoms with E-state index in [4.69, 9.17) is 17.4 Å². The second-order valence-electron chi connectivity index (χ2n) is 7.19. The summed E-state index contributed by atoms with van der Waals surface area (Å²) in [6, 6.07) is 0. The summed E-state index contributed by atoms with van der Waals surface area (Å²) in [5.41, 5.74) is 2.91. The van der Waals surface area contributed by atoms with Crippen molar-refractivity contribution in [3.63, 3.8) is 0 Å². The fourth-order valence-electron chi connectivity index (χ4n) is 2.93. The number of halogens is 5. The highest BCUT2D eigenvalue weighted by Crippen LogP contribution is 2.34. The summed E-state index contributed by atoms with van der Waals surface area (Å²) in [5.74, 6) is 1.32. The number of rotatable bonds is 13. The smallest absolute Gasteiger partial charge is 0.307 e. The molecule has 0 saturated carbocycles. The molecule has 0 rings (SSSR count). The van der Waals surface area contributed by atoms with Gasteiger partial charge in [-0.1, -0.05) is 44.5 Å². The fourth-order valence-corrected chi connectivity index (χ4v) is 3.12. The molecule has 0 radical (unpaired) electrons. The SMILES string of the molecule is C=C(CC(CC)CC(F)(F)C(F)F)/C(C)=N/CCC(/C(=C\CC)N(C)N)=C(/C)Cl. The molecule has 0 amide bonds. The zero-order chi connectivity index (χ0) is 22.8. The Morgan fingerprint density at radius 2 is 1.86 bits per heavy atom. The van der Waals surface area contributed by atoms with E-state index >= 15 is 0 Å². The van der Waals surface area contributed by atoms with E-state index in [9.17, 15) is 17.6 Å². The Morgan fingerprint density at radius 3 is 2.28 bits per heavy atom. The van der Waals surface area contributed by atoms with Crippen molar-refractivity contribution >= 4 is 17.3 Å². The van der Waals surface area contributed by atoms with Crippen molar-refractivity contribution in [3.05, 3.63) is 34.5 Å². The van der Waals surface area contributed by atoms with E-state index in [1.165, 1.54) is 5.01 Å². The first-order valence-electron chi connectivity index (χ1n) is 9.76. The molecule has 0 aromatic heterocycles. The number of hydrogen-bond donors (Lipinski definition) is 1. The quantitative estimate of drug-likeness (QED) is 0.114. The van der Waals surface area contributed by atoms with Crippen molar-refractivity contribution < 1.29 is 17.6 Å². The van der Waals surface area contributed by atoms with E-state index in [1.807, 2.05) is 13.0 Å². The molecule has 2 N–H and O–H groups in total. The van der Waals surface area contributed by atoms with Gasteiger partial charge in [-0.3, -0.25) is 4.99 Å². The van der Waals surface area contributed by atoms with Gasteiger partial charge in [-0.25, -0.2) is 23.4 Å². The molecule has 0 bridgehead atoms. The predicted octanol–water partition coefficient (Wildman–Crippen LogP) is 6.71. The number of allylic oxidation sites excluding steroid dienone is 4. The molecular weight excluding hydrogens is 406 g/mol. The number of hydrogen-bond acceptors (Lipinski definition) is 3. The van der Waals surface area contributed by atoms with E-state index in [1.54, 1.807) is 27.8 Å². The van der Waals surface area contributed by atoms with Crippen LogP contribution in [-0.4, -0.2) is 36.7 Å². The van der Waals surface area contributed by atoms with Crippen molar-refractivity contribution in [1.82, 2.24) is 5.01 Å². The summed E-state index contributed by atoms with van der Waals surface area (Å²) < 4.78 is 51.6. The third kappa shape index (κ3) is 9.81. The van der Waals surface area contributed by atoms with Crippen molar-refractivity contribution in [3.8, 4) is 0 Å². The molecule has 0 saturated heterocycles. The zero-order valence-electron chi connectivity index (χ0n) is 18.0. The van der Waals surface area contributed by atoms with E-state index < -0.39 is 24.7 Å². The van der Waals surface area contributed by atoms with Crippen LogP contribution < -0.4 is 5.84 Å². The molecule has 8 heteroatoms. The van der Waals surface area contributed by atoms with Crippen molar-refractivity contribution in [2.45, 2.75) is 72.1 Å². The van der Waals surface area contributed by atoms with E-state index in [0.717, 1.165) is 17.7 Å². The maximum absolute atomic E-state index is 13.4. The van der Waals surface area contributed by atoms with Crippen LogP contribution in [0.5, 0.6) is 0 Å². The second kappa shape index (κ2) is 13.1. The summed E-state index contributed by atoms with van der Waals surface area (Å²) in [6.07, 6.45) is -0.626. The Labute approximate surface area is 177 Å². The van der Waals surface area contributed by atoms with E-state index in [0.29, 0.717) is 35.7 Å². The molecule has 0 fully saturated rings. The number of nitrogens with zero attached hydrogens (tertiary/aromatic N) is 2. The van der Waals surface area contributed by atoms with Crippen LogP contribution in [-0.2, 0) is 0 Å². The minimum atomic E-state index is -3.99. The zero-order valence-corrected chi connectivity index (χ0v) is 18.8. The monoisotopic (exact) mass is 439 g/mol. The van der Waals surface area contributed by atoms with Crippen LogP contribution in [0.25, 0.3) is 0 Å². The average Bonchev–Trinajstić information content (AvgIpc) is 2.62. The van der Waals surface area contributed by atoms with Gasteiger partial charge in [0, 0.05) is 30.8 Å². The highest BCUT2D eigenvalue weighted by Gasteiger charge is 2.42. The molecule has 0 spiro atoms. The Kier molecular flexibility index (Phi) is 12.5. The van der Waals surface area contributed by atoms with Gasteiger partial charge in [-0.05, 0) is 50.2 Å². The third-order valence-electron chi connectivity index (χ3n) is 4.72. The summed E-state index contributed by atoms with van der Waals surface area (Å²) >= 11 is 6.23. The molecule has 0 heterocycles. The standard InChI is InChI=1S/C21H34ClF4N3/c1-7-9-19(29(6)27)18(15(4)22)10-11-28-16(5)14(3)12-17(8-2)13-21(25,26)20(23)24/h9,17,20H,3,7-8,10-13,27H2,1-2,4-6H3/b18-15+,19-9+,28-16+. The molecule has 168 valence electrons. The van der Waals surface area contributed by atoms with Gasteiger partial charge < -0.3 is 5.01 Å². The first-order chi connectivity index (χ1) is 13.4. The largest absolute Gasteiger partial charge is 0.314 e. The fraction of sp³-hybridized carbons (Fsp3) is 0.667. The van der Waals surface area contributed by atoms with E-state index in [2.05, 4.69) is 11.6 Å². The Hall–Kier alpha value is -1.34.